The van der Waals surface area contributed by atoms with E-state index in [1.54, 1.807) is 48.5 Å². The number of rotatable bonds is 7. The second-order valence-corrected chi connectivity index (χ2v) is 6.85. The first-order valence-corrected chi connectivity index (χ1v) is 9.39. The third kappa shape index (κ3) is 5.72. The van der Waals surface area contributed by atoms with Crippen LogP contribution in [0.25, 0.3) is 0 Å². The highest BCUT2D eigenvalue weighted by atomic mass is 35.5. The molecule has 7 nitrogen and oxygen atoms in total. The number of nitrogens with one attached hydrogen (secondary N) is 4. The van der Waals surface area contributed by atoms with Crippen molar-refractivity contribution in [3.63, 3.8) is 0 Å². The SMILES string of the molecule is O=C(Nc1cccc(C(=O)NCCNC(=O)c2ccccc2Cl)c1)NC1CC1. The van der Waals surface area contributed by atoms with Crippen LogP contribution in [-0.2, 0) is 0 Å². The molecule has 0 radical (unpaired) electrons. The zero-order chi connectivity index (χ0) is 19.9. The molecule has 0 aromatic heterocycles. The van der Waals surface area contributed by atoms with Gasteiger partial charge in [0, 0.05) is 30.4 Å². The van der Waals surface area contributed by atoms with E-state index in [9.17, 15) is 14.4 Å². The van der Waals surface area contributed by atoms with E-state index >= 15 is 0 Å². The van der Waals surface area contributed by atoms with Crippen LogP contribution in [0.3, 0.4) is 0 Å². The Balaban J connectivity index is 1.44. The molecule has 1 fully saturated rings. The second-order valence-electron chi connectivity index (χ2n) is 6.45. The summed E-state index contributed by atoms with van der Waals surface area (Å²) in [6.07, 6.45) is 2.01. The highest BCUT2D eigenvalue weighted by molar-refractivity contribution is 6.33. The number of halogens is 1. The number of urea groups is 1. The van der Waals surface area contributed by atoms with Gasteiger partial charge in [-0.15, -0.1) is 0 Å². The Morgan fingerprint density at radius 1 is 0.929 bits per heavy atom. The van der Waals surface area contributed by atoms with Crippen molar-refractivity contribution in [3.8, 4) is 0 Å². The van der Waals surface area contributed by atoms with Crippen LogP contribution in [0.4, 0.5) is 10.5 Å². The number of carbonyl (C=O) groups is 3. The van der Waals surface area contributed by atoms with E-state index in [0.29, 0.717) is 21.8 Å². The zero-order valence-electron chi connectivity index (χ0n) is 15.1. The Hall–Kier alpha value is -3.06. The highest BCUT2D eigenvalue weighted by Gasteiger charge is 2.23. The van der Waals surface area contributed by atoms with Gasteiger partial charge in [0.15, 0.2) is 0 Å². The number of hydrogen-bond acceptors (Lipinski definition) is 3. The molecule has 3 rings (SSSR count). The lowest BCUT2D eigenvalue weighted by Crippen LogP contribution is -2.35. The number of benzene rings is 2. The van der Waals surface area contributed by atoms with E-state index in [-0.39, 0.29) is 37.0 Å². The van der Waals surface area contributed by atoms with Crippen molar-refractivity contribution in [1.29, 1.82) is 0 Å². The van der Waals surface area contributed by atoms with Gasteiger partial charge < -0.3 is 21.3 Å². The quantitative estimate of drug-likeness (QED) is 0.538. The fraction of sp³-hybridized carbons (Fsp3) is 0.250. The maximum atomic E-state index is 12.3. The average molecular weight is 401 g/mol. The minimum Gasteiger partial charge on any atom is -0.350 e. The average Bonchev–Trinajstić information content (AvgIpc) is 3.49. The fourth-order valence-electron chi connectivity index (χ4n) is 2.51. The van der Waals surface area contributed by atoms with Crippen LogP contribution in [0.5, 0.6) is 0 Å². The van der Waals surface area contributed by atoms with Gasteiger partial charge in [-0.1, -0.05) is 29.8 Å². The van der Waals surface area contributed by atoms with Gasteiger partial charge in [-0.25, -0.2) is 4.79 Å². The van der Waals surface area contributed by atoms with Crippen molar-refractivity contribution >= 4 is 35.1 Å². The summed E-state index contributed by atoms with van der Waals surface area (Å²) in [5.74, 6) is -0.592. The lowest BCUT2D eigenvalue weighted by Gasteiger charge is -2.10. The van der Waals surface area contributed by atoms with Crippen molar-refractivity contribution in [2.45, 2.75) is 18.9 Å². The first kappa shape index (κ1) is 19.7. The number of hydrogen-bond donors (Lipinski definition) is 4. The Morgan fingerprint density at radius 3 is 2.36 bits per heavy atom. The maximum Gasteiger partial charge on any atom is 0.319 e. The van der Waals surface area contributed by atoms with E-state index < -0.39 is 0 Å². The van der Waals surface area contributed by atoms with Crippen LogP contribution in [0.1, 0.15) is 33.6 Å². The van der Waals surface area contributed by atoms with E-state index in [1.165, 1.54) is 0 Å². The van der Waals surface area contributed by atoms with Gasteiger partial charge in [-0.2, -0.15) is 0 Å². The van der Waals surface area contributed by atoms with Gasteiger partial charge in [0.1, 0.15) is 0 Å². The van der Waals surface area contributed by atoms with Crippen LogP contribution in [0, 0.1) is 0 Å². The fourth-order valence-corrected chi connectivity index (χ4v) is 2.73. The summed E-state index contributed by atoms with van der Waals surface area (Å²) in [6.45, 7) is 0.520. The van der Waals surface area contributed by atoms with Gasteiger partial charge in [0.05, 0.1) is 10.6 Å². The molecule has 0 saturated heterocycles. The van der Waals surface area contributed by atoms with Crippen molar-refractivity contribution in [2.24, 2.45) is 0 Å². The molecule has 0 aliphatic heterocycles. The molecule has 1 aliphatic carbocycles. The minimum absolute atomic E-state index is 0.257. The van der Waals surface area contributed by atoms with E-state index in [2.05, 4.69) is 21.3 Å². The smallest absolute Gasteiger partial charge is 0.319 e. The van der Waals surface area contributed by atoms with Gasteiger partial charge in [-0.05, 0) is 43.2 Å². The predicted octanol–water partition coefficient (Wildman–Crippen LogP) is 2.78. The third-order valence-electron chi connectivity index (χ3n) is 4.11. The largest absolute Gasteiger partial charge is 0.350 e. The Labute approximate surface area is 167 Å². The Bertz CT molecular complexity index is 883. The van der Waals surface area contributed by atoms with Crippen molar-refractivity contribution in [3.05, 3.63) is 64.7 Å². The molecule has 4 amide bonds. The molecule has 4 N–H and O–H groups in total. The molecule has 0 bridgehead atoms. The summed E-state index contributed by atoms with van der Waals surface area (Å²) >= 11 is 5.98. The van der Waals surface area contributed by atoms with E-state index in [0.717, 1.165) is 12.8 Å². The third-order valence-corrected chi connectivity index (χ3v) is 4.44. The Morgan fingerprint density at radius 2 is 1.64 bits per heavy atom. The van der Waals surface area contributed by atoms with Crippen LogP contribution < -0.4 is 21.3 Å². The van der Waals surface area contributed by atoms with Crippen LogP contribution in [-0.4, -0.2) is 37.0 Å². The standard InChI is InChI=1S/C20H21ClN4O3/c21-17-7-2-1-6-16(17)19(27)23-11-10-22-18(26)13-4-3-5-15(12-13)25-20(28)24-14-8-9-14/h1-7,12,14H,8-11H2,(H,22,26)(H,23,27)(H2,24,25,28). The molecule has 2 aromatic carbocycles. The molecule has 28 heavy (non-hydrogen) atoms. The van der Waals surface area contributed by atoms with E-state index in [4.69, 9.17) is 11.6 Å². The minimum atomic E-state index is -0.298. The monoisotopic (exact) mass is 400 g/mol. The maximum absolute atomic E-state index is 12.3. The first-order chi connectivity index (χ1) is 13.5. The van der Waals surface area contributed by atoms with Gasteiger partial charge in [0.25, 0.3) is 11.8 Å². The van der Waals surface area contributed by atoms with Crippen molar-refractivity contribution < 1.29 is 14.4 Å². The lowest BCUT2D eigenvalue weighted by atomic mass is 10.2. The van der Waals surface area contributed by atoms with Crippen LogP contribution in [0.15, 0.2) is 48.5 Å². The molecule has 0 unspecified atom stereocenters. The first-order valence-electron chi connectivity index (χ1n) is 9.01. The molecule has 0 spiro atoms. The highest BCUT2D eigenvalue weighted by Crippen LogP contribution is 2.19. The van der Waals surface area contributed by atoms with Gasteiger partial charge in [-0.3, -0.25) is 9.59 Å². The molecule has 0 heterocycles. The number of amides is 4. The number of carbonyl (C=O) groups excluding carboxylic acids is 3. The van der Waals surface area contributed by atoms with Crippen molar-refractivity contribution in [1.82, 2.24) is 16.0 Å². The molecule has 1 aliphatic rings. The number of anilines is 1. The summed E-state index contributed by atoms with van der Waals surface area (Å²) in [7, 11) is 0. The van der Waals surface area contributed by atoms with Gasteiger partial charge >= 0.3 is 6.03 Å². The summed E-state index contributed by atoms with van der Waals surface area (Å²) in [6, 6.07) is 13.4. The molecule has 0 atom stereocenters. The summed E-state index contributed by atoms with van der Waals surface area (Å²) in [5.41, 5.74) is 1.35. The van der Waals surface area contributed by atoms with E-state index in [1.807, 2.05) is 0 Å². The van der Waals surface area contributed by atoms with Crippen LogP contribution >= 0.6 is 11.6 Å². The molecule has 8 heteroatoms. The predicted molar refractivity (Wildman–Crippen MR) is 108 cm³/mol. The Kier molecular flexibility index (Phi) is 6.49. The zero-order valence-corrected chi connectivity index (χ0v) is 15.9. The molecular formula is C20H21ClN4O3. The molecule has 146 valence electrons. The normalized spacial score (nSPS) is 12.8. The van der Waals surface area contributed by atoms with Gasteiger partial charge in [0.2, 0.25) is 0 Å². The van der Waals surface area contributed by atoms with Crippen LogP contribution in [0.2, 0.25) is 5.02 Å². The van der Waals surface area contributed by atoms with Crippen molar-refractivity contribution in [2.75, 3.05) is 18.4 Å². The molecular weight excluding hydrogens is 380 g/mol. The molecule has 1 saturated carbocycles. The topological polar surface area (TPSA) is 99.3 Å². The summed E-state index contributed by atoms with van der Waals surface area (Å²) in [4.78, 5) is 36.1. The summed E-state index contributed by atoms with van der Waals surface area (Å²) in [5, 5.41) is 11.3. The summed E-state index contributed by atoms with van der Waals surface area (Å²) < 4.78 is 0. The second kappa shape index (κ2) is 9.23. The molecule has 2 aromatic rings. The lowest BCUT2D eigenvalue weighted by molar-refractivity contribution is 0.0928.